The topological polar surface area (TPSA) is 111 Å². The van der Waals surface area contributed by atoms with Crippen LogP contribution < -0.4 is 11.5 Å². The van der Waals surface area contributed by atoms with Gasteiger partial charge in [-0.05, 0) is 19.8 Å². The first-order chi connectivity index (χ1) is 7.52. The number of hydrogen-bond donors (Lipinski definition) is 2. The van der Waals surface area contributed by atoms with Gasteiger partial charge in [0.2, 0.25) is 0 Å². The molecule has 0 aliphatic heterocycles. The van der Waals surface area contributed by atoms with Crippen molar-refractivity contribution in [1.29, 1.82) is 0 Å². The molecule has 0 amide bonds. The van der Waals surface area contributed by atoms with Crippen molar-refractivity contribution >= 4 is 18.4 Å². The number of aromatic nitrogens is 2. The Morgan fingerprint density at radius 3 is 2.76 bits per heavy atom. The van der Waals surface area contributed by atoms with Crippen LogP contribution in [0.3, 0.4) is 0 Å². The molecule has 1 aromatic heterocycles. The second-order valence-electron chi connectivity index (χ2n) is 3.25. The van der Waals surface area contributed by atoms with Gasteiger partial charge in [0.25, 0.3) is 0 Å². The molecular formula is C9H14ClN3O4. The molecule has 0 radical (unpaired) electrons. The van der Waals surface area contributed by atoms with Crippen molar-refractivity contribution in [3.63, 3.8) is 0 Å². The first-order valence-corrected chi connectivity index (χ1v) is 4.74. The highest BCUT2D eigenvalue weighted by atomic mass is 35.5. The Kier molecular flexibility index (Phi) is 6.05. The maximum absolute atomic E-state index is 11.1. The molecule has 0 bridgehead atoms. The van der Waals surface area contributed by atoms with E-state index in [9.17, 15) is 9.59 Å². The van der Waals surface area contributed by atoms with Crippen LogP contribution in [0, 0.1) is 6.92 Å². The van der Waals surface area contributed by atoms with Crippen molar-refractivity contribution in [3.8, 4) is 0 Å². The van der Waals surface area contributed by atoms with Crippen LogP contribution in [-0.4, -0.2) is 20.8 Å². The zero-order valence-corrected chi connectivity index (χ0v) is 10.1. The van der Waals surface area contributed by atoms with Gasteiger partial charge in [0, 0.05) is 6.54 Å². The fraction of sp³-hybridized carbons (Fsp3) is 0.444. The van der Waals surface area contributed by atoms with Crippen LogP contribution in [0.5, 0.6) is 0 Å². The van der Waals surface area contributed by atoms with Gasteiger partial charge in [0.05, 0.1) is 0 Å². The minimum Gasteiger partial charge on any atom is -0.477 e. The van der Waals surface area contributed by atoms with E-state index in [1.807, 2.05) is 0 Å². The smallest absolute Gasteiger partial charge is 0.441 e. The van der Waals surface area contributed by atoms with Gasteiger partial charge in [0.1, 0.15) is 5.70 Å². The van der Waals surface area contributed by atoms with E-state index in [0.717, 1.165) is 0 Å². The zero-order valence-electron chi connectivity index (χ0n) is 9.25. The molecule has 0 fully saturated rings. The van der Waals surface area contributed by atoms with Gasteiger partial charge in [-0.3, -0.25) is 9.09 Å². The molecule has 1 heterocycles. The van der Waals surface area contributed by atoms with Crippen molar-refractivity contribution < 1.29 is 14.4 Å². The van der Waals surface area contributed by atoms with Gasteiger partial charge in [-0.2, -0.15) is 0 Å². The molecule has 3 N–H and O–H groups in total. The molecule has 0 spiro atoms. The summed E-state index contributed by atoms with van der Waals surface area (Å²) in [5.74, 6) is -1.15. The Balaban J connectivity index is 0.00000256. The number of carboxylic acid groups (broad SMARTS) is 1. The average Bonchev–Trinajstić information content (AvgIpc) is 2.54. The van der Waals surface area contributed by atoms with Crippen LogP contribution in [-0.2, 0) is 11.3 Å². The van der Waals surface area contributed by atoms with Gasteiger partial charge < -0.3 is 10.8 Å². The van der Waals surface area contributed by atoms with Crippen LogP contribution in [0.15, 0.2) is 21.1 Å². The first kappa shape index (κ1) is 15.2. The van der Waals surface area contributed by atoms with Crippen LogP contribution >= 0.6 is 12.4 Å². The van der Waals surface area contributed by atoms with E-state index in [-0.39, 0.29) is 18.1 Å². The van der Waals surface area contributed by atoms with Crippen molar-refractivity contribution in [1.82, 2.24) is 9.72 Å². The van der Waals surface area contributed by atoms with Crippen LogP contribution in [0.4, 0.5) is 0 Å². The van der Waals surface area contributed by atoms with E-state index in [0.29, 0.717) is 25.2 Å². The van der Waals surface area contributed by atoms with E-state index in [1.54, 1.807) is 6.92 Å². The molecule has 0 aliphatic rings. The van der Waals surface area contributed by atoms with Gasteiger partial charge in [-0.15, -0.1) is 12.4 Å². The summed E-state index contributed by atoms with van der Waals surface area (Å²) in [6.45, 7) is 2.09. The van der Waals surface area contributed by atoms with Gasteiger partial charge in [0.15, 0.2) is 5.82 Å². The molecule has 0 saturated carbocycles. The lowest BCUT2D eigenvalue weighted by molar-refractivity contribution is -0.132. The largest absolute Gasteiger partial charge is 0.477 e. The van der Waals surface area contributed by atoms with Gasteiger partial charge in [-0.25, -0.2) is 9.59 Å². The van der Waals surface area contributed by atoms with Gasteiger partial charge >= 0.3 is 11.7 Å². The summed E-state index contributed by atoms with van der Waals surface area (Å²) in [6, 6.07) is 0. The SMILES string of the molecule is Cc1noc(=O)n1CCCC=C(N)C(=O)O.Cl. The van der Waals surface area contributed by atoms with Crippen LogP contribution in [0.25, 0.3) is 0 Å². The third-order valence-electron chi connectivity index (χ3n) is 2.06. The first-order valence-electron chi connectivity index (χ1n) is 4.74. The maximum Gasteiger partial charge on any atom is 0.441 e. The molecule has 96 valence electrons. The minimum absolute atomic E-state index is 0. The number of nitrogens with two attached hydrogens (primary N) is 1. The number of hydrogen-bond acceptors (Lipinski definition) is 5. The number of unbranched alkanes of at least 4 members (excludes halogenated alkanes) is 1. The molecular weight excluding hydrogens is 250 g/mol. The Labute approximate surface area is 103 Å². The molecule has 8 heteroatoms. The fourth-order valence-corrected chi connectivity index (χ4v) is 1.18. The van der Waals surface area contributed by atoms with Crippen molar-refractivity contribution in [2.75, 3.05) is 0 Å². The lowest BCUT2D eigenvalue weighted by atomic mass is 10.2. The predicted octanol–water partition coefficient (Wildman–Crippen LogP) is 0.274. The molecule has 0 aromatic carbocycles. The third-order valence-corrected chi connectivity index (χ3v) is 2.06. The summed E-state index contributed by atoms with van der Waals surface area (Å²) in [6.07, 6.45) is 2.49. The van der Waals surface area contributed by atoms with Gasteiger partial charge in [-0.1, -0.05) is 11.2 Å². The summed E-state index contributed by atoms with van der Waals surface area (Å²) in [5, 5.41) is 12.0. The molecule has 0 saturated heterocycles. The highest BCUT2D eigenvalue weighted by molar-refractivity contribution is 5.85. The quantitative estimate of drug-likeness (QED) is 0.583. The van der Waals surface area contributed by atoms with E-state index >= 15 is 0 Å². The summed E-state index contributed by atoms with van der Waals surface area (Å²) in [4.78, 5) is 21.4. The minimum atomic E-state index is -1.14. The summed E-state index contributed by atoms with van der Waals surface area (Å²) in [5.41, 5.74) is 5.01. The van der Waals surface area contributed by atoms with E-state index in [4.69, 9.17) is 10.8 Å². The summed E-state index contributed by atoms with van der Waals surface area (Å²) >= 11 is 0. The Bertz CT molecular complexity index is 463. The maximum atomic E-state index is 11.1. The number of nitrogens with zero attached hydrogens (tertiary/aromatic N) is 2. The molecule has 1 aromatic rings. The lowest BCUT2D eigenvalue weighted by Crippen LogP contribution is -2.15. The van der Waals surface area contributed by atoms with E-state index in [2.05, 4.69) is 9.68 Å². The Morgan fingerprint density at radius 1 is 1.65 bits per heavy atom. The lowest BCUT2D eigenvalue weighted by Gasteiger charge is -1.99. The van der Waals surface area contributed by atoms with Crippen molar-refractivity contribution in [2.45, 2.75) is 26.3 Å². The number of aryl methyl sites for hydroxylation is 1. The number of carbonyl (C=O) groups is 1. The number of aliphatic carboxylic acids is 1. The Hall–Kier alpha value is -1.76. The fourth-order valence-electron chi connectivity index (χ4n) is 1.18. The molecule has 0 aliphatic carbocycles. The molecule has 1 rings (SSSR count). The number of halogens is 1. The predicted molar refractivity (Wildman–Crippen MR) is 61.9 cm³/mol. The Morgan fingerprint density at radius 2 is 2.29 bits per heavy atom. The molecule has 0 atom stereocenters. The van der Waals surface area contributed by atoms with E-state index < -0.39 is 11.7 Å². The molecule has 7 nitrogen and oxygen atoms in total. The molecule has 17 heavy (non-hydrogen) atoms. The number of rotatable bonds is 5. The van der Waals surface area contributed by atoms with Crippen LogP contribution in [0.1, 0.15) is 18.7 Å². The highest BCUT2D eigenvalue weighted by Gasteiger charge is 2.05. The second kappa shape index (κ2) is 6.74. The van der Waals surface area contributed by atoms with Crippen LogP contribution in [0.2, 0.25) is 0 Å². The third kappa shape index (κ3) is 4.31. The van der Waals surface area contributed by atoms with Crippen molar-refractivity contribution in [3.05, 3.63) is 28.1 Å². The van der Waals surface area contributed by atoms with Crippen molar-refractivity contribution in [2.24, 2.45) is 5.73 Å². The van der Waals surface area contributed by atoms with E-state index in [1.165, 1.54) is 10.6 Å². The molecule has 0 unspecified atom stereocenters. The number of allylic oxidation sites excluding steroid dienone is 1. The normalized spacial score (nSPS) is 11.0. The standard InChI is InChI=1S/C9H13N3O4.ClH/c1-6-11-16-9(15)12(6)5-3-2-4-7(10)8(13)14;/h4H,2-3,5,10H2,1H3,(H,13,14);1H. The summed E-state index contributed by atoms with van der Waals surface area (Å²) < 4.78 is 5.81. The highest BCUT2D eigenvalue weighted by Crippen LogP contribution is 1.98. The second-order valence-corrected chi connectivity index (χ2v) is 3.25. The monoisotopic (exact) mass is 263 g/mol. The summed E-state index contributed by atoms with van der Waals surface area (Å²) in [7, 11) is 0. The number of carboxylic acids is 1. The zero-order chi connectivity index (χ0) is 12.1. The average molecular weight is 264 g/mol.